The lowest BCUT2D eigenvalue weighted by molar-refractivity contribution is 0.185. The molecule has 0 bridgehead atoms. The third kappa shape index (κ3) is 4.66. The first-order valence-corrected chi connectivity index (χ1v) is 10.1. The van der Waals surface area contributed by atoms with Crippen LogP contribution in [0.15, 0.2) is 54.6 Å². The second kappa shape index (κ2) is 8.70. The summed E-state index contributed by atoms with van der Waals surface area (Å²) in [7, 11) is 0. The van der Waals surface area contributed by atoms with Gasteiger partial charge >= 0.3 is 0 Å². The van der Waals surface area contributed by atoms with Crippen molar-refractivity contribution in [1.29, 1.82) is 0 Å². The SMILES string of the molecule is c1ccc(COc2ccc(CN3CCC[C@H]3CN3CCCC3)cc2)cc1. The third-order valence-electron chi connectivity index (χ3n) is 5.72. The molecule has 4 rings (SSSR count). The van der Waals surface area contributed by atoms with Gasteiger partial charge in [0.05, 0.1) is 0 Å². The molecule has 2 aromatic carbocycles. The van der Waals surface area contributed by atoms with E-state index in [0.717, 1.165) is 18.3 Å². The first kappa shape index (κ1) is 17.6. The van der Waals surface area contributed by atoms with Gasteiger partial charge in [0.2, 0.25) is 0 Å². The Morgan fingerprint density at radius 3 is 2.35 bits per heavy atom. The molecule has 2 aromatic rings. The molecule has 26 heavy (non-hydrogen) atoms. The van der Waals surface area contributed by atoms with Crippen molar-refractivity contribution in [2.75, 3.05) is 26.2 Å². The Morgan fingerprint density at radius 2 is 1.58 bits per heavy atom. The smallest absolute Gasteiger partial charge is 0.119 e. The van der Waals surface area contributed by atoms with Crippen molar-refractivity contribution in [2.45, 2.75) is 44.9 Å². The van der Waals surface area contributed by atoms with Crippen molar-refractivity contribution in [2.24, 2.45) is 0 Å². The van der Waals surface area contributed by atoms with Crippen LogP contribution in [0.1, 0.15) is 36.8 Å². The van der Waals surface area contributed by atoms with Crippen LogP contribution in [0.5, 0.6) is 5.75 Å². The molecule has 0 N–H and O–H groups in total. The number of ether oxygens (including phenoxy) is 1. The lowest BCUT2D eigenvalue weighted by atomic mass is 10.1. The van der Waals surface area contributed by atoms with Gasteiger partial charge in [-0.1, -0.05) is 42.5 Å². The minimum Gasteiger partial charge on any atom is -0.489 e. The molecule has 3 nitrogen and oxygen atoms in total. The van der Waals surface area contributed by atoms with Gasteiger partial charge < -0.3 is 9.64 Å². The summed E-state index contributed by atoms with van der Waals surface area (Å²) < 4.78 is 5.91. The molecular formula is C23H30N2O. The second-order valence-corrected chi connectivity index (χ2v) is 7.69. The lowest BCUT2D eigenvalue weighted by Crippen LogP contribution is -2.38. The molecule has 0 saturated carbocycles. The molecule has 2 aliphatic heterocycles. The lowest BCUT2D eigenvalue weighted by Gasteiger charge is -2.28. The quantitative estimate of drug-likeness (QED) is 0.739. The average Bonchev–Trinajstić information content (AvgIpc) is 3.35. The summed E-state index contributed by atoms with van der Waals surface area (Å²) in [4.78, 5) is 5.33. The van der Waals surface area contributed by atoms with Crippen molar-refractivity contribution in [3.05, 3.63) is 65.7 Å². The normalized spacial score (nSPS) is 21.3. The van der Waals surface area contributed by atoms with E-state index in [-0.39, 0.29) is 0 Å². The van der Waals surface area contributed by atoms with E-state index in [2.05, 4.69) is 58.3 Å². The van der Waals surface area contributed by atoms with E-state index in [1.54, 1.807) is 0 Å². The zero-order valence-corrected chi connectivity index (χ0v) is 15.6. The maximum atomic E-state index is 5.91. The highest BCUT2D eigenvalue weighted by atomic mass is 16.5. The van der Waals surface area contributed by atoms with E-state index < -0.39 is 0 Å². The van der Waals surface area contributed by atoms with Crippen LogP contribution in [0, 0.1) is 0 Å². The Morgan fingerprint density at radius 1 is 0.808 bits per heavy atom. The van der Waals surface area contributed by atoms with Gasteiger partial charge in [-0.05, 0) is 68.6 Å². The van der Waals surface area contributed by atoms with E-state index in [0.29, 0.717) is 6.61 Å². The third-order valence-corrected chi connectivity index (χ3v) is 5.72. The van der Waals surface area contributed by atoms with E-state index in [1.807, 2.05) is 6.07 Å². The van der Waals surface area contributed by atoms with Gasteiger partial charge in [-0.3, -0.25) is 4.90 Å². The summed E-state index contributed by atoms with van der Waals surface area (Å²) in [5.41, 5.74) is 2.60. The highest BCUT2D eigenvalue weighted by Crippen LogP contribution is 2.23. The maximum Gasteiger partial charge on any atom is 0.119 e. The van der Waals surface area contributed by atoms with Gasteiger partial charge in [-0.25, -0.2) is 0 Å². The Hall–Kier alpha value is -1.84. The Balaban J connectivity index is 1.29. The molecule has 0 spiro atoms. The molecule has 2 saturated heterocycles. The molecule has 2 aliphatic rings. The number of nitrogens with zero attached hydrogens (tertiary/aromatic N) is 2. The molecule has 0 amide bonds. The molecule has 1 atom stereocenters. The van der Waals surface area contributed by atoms with Crippen LogP contribution in [0.3, 0.4) is 0 Å². The van der Waals surface area contributed by atoms with Gasteiger partial charge in [-0.15, -0.1) is 0 Å². The zero-order valence-electron chi connectivity index (χ0n) is 15.6. The van der Waals surface area contributed by atoms with Crippen molar-refractivity contribution < 1.29 is 4.74 Å². The Labute approximate surface area is 157 Å². The fourth-order valence-corrected chi connectivity index (χ4v) is 4.24. The van der Waals surface area contributed by atoms with Crippen LogP contribution in [0.25, 0.3) is 0 Å². The summed E-state index contributed by atoms with van der Waals surface area (Å²) in [6, 6.07) is 19.8. The summed E-state index contributed by atoms with van der Waals surface area (Å²) in [6.07, 6.45) is 5.47. The number of likely N-dealkylation sites (tertiary alicyclic amines) is 2. The first-order valence-electron chi connectivity index (χ1n) is 10.1. The molecule has 2 heterocycles. The van der Waals surface area contributed by atoms with Crippen LogP contribution in [0.2, 0.25) is 0 Å². The second-order valence-electron chi connectivity index (χ2n) is 7.69. The van der Waals surface area contributed by atoms with Gasteiger partial charge in [0, 0.05) is 19.1 Å². The van der Waals surface area contributed by atoms with Crippen LogP contribution >= 0.6 is 0 Å². The average molecular weight is 351 g/mol. The topological polar surface area (TPSA) is 15.7 Å². The Kier molecular flexibility index (Phi) is 5.88. The van der Waals surface area contributed by atoms with Crippen molar-refractivity contribution >= 4 is 0 Å². The summed E-state index contributed by atoms with van der Waals surface area (Å²) >= 11 is 0. The highest BCUT2D eigenvalue weighted by molar-refractivity contribution is 5.28. The number of rotatable bonds is 7. The number of benzene rings is 2. The summed E-state index contributed by atoms with van der Waals surface area (Å²) in [6.45, 7) is 6.81. The molecule has 0 aliphatic carbocycles. The summed E-state index contributed by atoms with van der Waals surface area (Å²) in [5.74, 6) is 0.952. The highest BCUT2D eigenvalue weighted by Gasteiger charge is 2.27. The van der Waals surface area contributed by atoms with Crippen LogP contribution < -0.4 is 4.74 Å². The van der Waals surface area contributed by atoms with Crippen molar-refractivity contribution in [3.63, 3.8) is 0 Å². The minimum atomic E-state index is 0.629. The molecule has 0 aromatic heterocycles. The predicted molar refractivity (Wildman–Crippen MR) is 106 cm³/mol. The van der Waals surface area contributed by atoms with E-state index in [1.165, 1.54) is 63.0 Å². The maximum absolute atomic E-state index is 5.91. The van der Waals surface area contributed by atoms with Gasteiger partial charge in [0.15, 0.2) is 0 Å². The molecular weight excluding hydrogens is 320 g/mol. The van der Waals surface area contributed by atoms with Crippen molar-refractivity contribution in [1.82, 2.24) is 9.80 Å². The number of hydrogen-bond donors (Lipinski definition) is 0. The van der Waals surface area contributed by atoms with Gasteiger partial charge in [0.1, 0.15) is 12.4 Å². The molecule has 3 heteroatoms. The van der Waals surface area contributed by atoms with E-state index >= 15 is 0 Å². The van der Waals surface area contributed by atoms with E-state index in [4.69, 9.17) is 4.74 Å². The van der Waals surface area contributed by atoms with Gasteiger partial charge in [0.25, 0.3) is 0 Å². The number of hydrogen-bond acceptors (Lipinski definition) is 3. The zero-order chi connectivity index (χ0) is 17.6. The molecule has 0 radical (unpaired) electrons. The predicted octanol–water partition coefficient (Wildman–Crippen LogP) is 4.33. The largest absolute Gasteiger partial charge is 0.489 e. The fraction of sp³-hybridized carbons (Fsp3) is 0.478. The summed E-state index contributed by atoms with van der Waals surface area (Å²) in [5, 5.41) is 0. The van der Waals surface area contributed by atoms with Crippen molar-refractivity contribution in [3.8, 4) is 5.75 Å². The van der Waals surface area contributed by atoms with Gasteiger partial charge in [-0.2, -0.15) is 0 Å². The molecule has 0 unspecified atom stereocenters. The molecule has 138 valence electrons. The minimum absolute atomic E-state index is 0.629. The van der Waals surface area contributed by atoms with Crippen LogP contribution in [-0.4, -0.2) is 42.0 Å². The van der Waals surface area contributed by atoms with E-state index in [9.17, 15) is 0 Å². The fourth-order valence-electron chi connectivity index (χ4n) is 4.24. The van der Waals surface area contributed by atoms with Crippen LogP contribution in [0.4, 0.5) is 0 Å². The van der Waals surface area contributed by atoms with Crippen LogP contribution in [-0.2, 0) is 13.2 Å². The first-order chi connectivity index (χ1) is 12.9. The monoisotopic (exact) mass is 350 g/mol. The standard InChI is InChI=1S/C23H30N2O/c1-2-7-21(8-3-1)19-26-23-12-10-20(11-13-23)17-25-16-6-9-22(25)18-24-14-4-5-15-24/h1-3,7-8,10-13,22H,4-6,9,14-19H2/t22-/m0/s1. The molecule has 2 fully saturated rings. The Bertz CT molecular complexity index is 664.